The highest BCUT2D eigenvalue weighted by Crippen LogP contribution is 2.35. The van der Waals surface area contributed by atoms with Crippen molar-refractivity contribution in [3.05, 3.63) is 39.8 Å². The number of benzene rings is 1. The van der Waals surface area contributed by atoms with E-state index in [1.165, 1.54) is 0 Å². The lowest BCUT2D eigenvalue weighted by atomic mass is 9.89. The molecule has 1 saturated heterocycles. The number of nitrogens with zero attached hydrogens (tertiary/aromatic N) is 2. The number of aromatic nitrogens is 1. The van der Waals surface area contributed by atoms with E-state index in [-0.39, 0.29) is 12.6 Å². The Morgan fingerprint density at radius 1 is 1.43 bits per heavy atom. The first kappa shape index (κ1) is 20.2. The molecule has 0 aliphatic carbocycles. The van der Waals surface area contributed by atoms with Crippen molar-refractivity contribution in [2.24, 2.45) is 0 Å². The predicted molar refractivity (Wildman–Crippen MR) is 98.7 cm³/mol. The summed E-state index contributed by atoms with van der Waals surface area (Å²) in [7, 11) is 0. The predicted octanol–water partition coefficient (Wildman–Crippen LogP) is 3.59. The van der Waals surface area contributed by atoms with E-state index in [9.17, 15) is 24.4 Å². The third kappa shape index (κ3) is 3.59. The second-order valence-corrected chi connectivity index (χ2v) is 7.97. The summed E-state index contributed by atoms with van der Waals surface area (Å²) < 4.78 is 27.4. The first-order valence-corrected chi connectivity index (χ1v) is 8.95. The summed E-state index contributed by atoms with van der Waals surface area (Å²) in [5.41, 5.74) is -1.12. The maximum absolute atomic E-state index is 14.3. The molecule has 0 spiro atoms. The highest BCUT2D eigenvalue weighted by molar-refractivity contribution is 5.88. The van der Waals surface area contributed by atoms with E-state index in [0.717, 1.165) is 12.1 Å². The third-order valence-corrected chi connectivity index (χ3v) is 5.07. The van der Waals surface area contributed by atoms with Crippen molar-refractivity contribution >= 4 is 22.6 Å². The number of carboxylic acid groups (broad SMARTS) is 1. The van der Waals surface area contributed by atoms with Gasteiger partial charge in [0.1, 0.15) is 5.41 Å². The molecule has 1 aliphatic heterocycles. The summed E-state index contributed by atoms with van der Waals surface area (Å²) in [6.07, 6.45) is 0.312. The van der Waals surface area contributed by atoms with Crippen molar-refractivity contribution in [3.63, 3.8) is 0 Å². The average molecular weight is 394 g/mol. The van der Waals surface area contributed by atoms with Gasteiger partial charge in [-0.15, -0.1) is 0 Å². The van der Waals surface area contributed by atoms with Crippen LogP contribution in [0.1, 0.15) is 39.8 Å². The minimum atomic E-state index is -1.29. The lowest BCUT2D eigenvalue weighted by molar-refractivity contribution is -0.387. The molecule has 1 aliphatic rings. The normalized spacial score (nSPS) is 19.7. The molecule has 0 amide bonds. The van der Waals surface area contributed by atoms with Gasteiger partial charge in [0.25, 0.3) is 0 Å². The van der Waals surface area contributed by atoms with Crippen LogP contribution in [0.3, 0.4) is 0 Å². The molecule has 1 aromatic heterocycles. The zero-order chi connectivity index (χ0) is 20.9. The molecule has 1 fully saturated rings. The summed E-state index contributed by atoms with van der Waals surface area (Å²) >= 11 is 0. The van der Waals surface area contributed by atoms with Crippen LogP contribution in [-0.2, 0) is 26.2 Å². The van der Waals surface area contributed by atoms with Crippen LogP contribution in [0.15, 0.2) is 18.2 Å². The monoisotopic (exact) mass is 394 g/mol. The van der Waals surface area contributed by atoms with E-state index < -0.39 is 33.6 Å². The molecule has 1 aromatic carbocycles. The van der Waals surface area contributed by atoms with E-state index in [1.54, 1.807) is 38.3 Å². The lowest BCUT2D eigenvalue weighted by Crippen LogP contribution is -2.42. The van der Waals surface area contributed by atoms with E-state index >= 15 is 0 Å². The largest absolute Gasteiger partial charge is 0.481 e. The molecule has 152 valence electrons. The average Bonchev–Trinajstić information content (AvgIpc) is 2.91. The van der Waals surface area contributed by atoms with Crippen molar-refractivity contribution < 1.29 is 28.7 Å². The van der Waals surface area contributed by atoms with E-state index in [4.69, 9.17) is 9.47 Å². The SMILES string of the molecule is CC1(C)OCCC(Cn2c(C(C)(C)C(=O)O)cc3cc([N+](=O)[O-])c(F)cc32)O1. The van der Waals surface area contributed by atoms with Gasteiger partial charge in [-0.3, -0.25) is 14.9 Å². The number of fused-ring (bicyclic) bond motifs is 1. The van der Waals surface area contributed by atoms with Gasteiger partial charge >= 0.3 is 11.7 Å². The summed E-state index contributed by atoms with van der Waals surface area (Å²) in [5.74, 6) is -2.80. The molecule has 1 N–H and O–H groups in total. The zero-order valence-electron chi connectivity index (χ0n) is 16.2. The Morgan fingerprint density at radius 2 is 2.11 bits per heavy atom. The summed E-state index contributed by atoms with van der Waals surface area (Å²) in [6, 6.07) is 3.79. The Hall–Kier alpha value is -2.52. The van der Waals surface area contributed by atoms with Gasteiger partial charge < -0.3 is 19.1 Å². The Balaban J connectivity index is 2.15. The van der Waals surface area contributed by atoms with E-state index in [0.29, 0.717) is 29.6 Å². The minimum Gasteiger partial charge on any atom is -0.481 e. The van der Waals surface area contributed by atoms with Crippen molar-refractivity contribution in [2.75, 3.05) is 6.61 Å². The number of rotatable bonds is 5. The summed E-state index contributed by atoms with van der Waals surface area (Å²) in [6.45, 7) is 7.42. The smallest absolute Gasteiger partial charge is 0.315 e. The van der Waals surface area contributed by atoms with Gasteiger partial charge in [0.15, 0.2) is 5.79 Å². The number of carboxylic acids is 1. The maximum Gasteiger partial charge on any atom is 0.315 e. The molecule has 9 heteroatoms. The second kappa shape index (κ2) is 6.82. The summed E-state index contributed by atoms with van der Waals surface area (Å²) in [4.78, 5) is 22.1. The second-order valence-electron chi connectivity index (χ2n) is 7.97. The van der Waals surface area contributed by atoms with Gasteiger partial charge in [-0.1, -0.05) is 0 Å². The number of halogens is 1. The Bertz CT molecular complexity index is 950. The Labute approximate surface area is 161 Å². The van der Waals surface area contributed by atoms with Gasteiger partial charge in [-0.25, -0.2) is 0 Å². The fourth-order valence-electron chi connectivity index (χ4n) is 3.50. The maximum atomic E-state index is 14.3. The molecule has 0 bridgehead atoms. The van der Waals surface area contributed by atoms with Crippen molar-refractivity contribution in [1.29, 1.82) is 0 Å². The number of ether oxygens (including phenoxy) is 2. The first-order valence-electron chi connectivity index (χ1n) is 8.95. The fraction of sp³-hybridized carbons (Fsp3) is 0.526. The number of carbonyl (C=O) groups is 1. The molecule has 2 heterocycles. The van der Waals surface area contributed by atoms with E-state index in [2.05, 4.69) is 0 Å². The summed E-state index contributed by atoms with van der Waals surface area (Å²) in [5, 5.41) is 21.2. The van der Waals surface area contributed by atoms with Gasteiger partial charge in [0.2, 0.25) is 5.82 Å². The number of aliphatic carboxylic acids is 1. The molecular formula is C19H23FN2O6. The topological polar surface area (TPSA) is 104 Å². The first-order chi connectivity index (χ1) is 12.9. The molecule has 0 saturated carbocycles. The van der Waals surface area contributed by atoms with Crippen LogP contribution in [0.4, 0.5) is 10.1 Å². The molecule has 3 rings (SSSR count). The number of nitro benzene ring substituents is 1. The van der Waals surface area contributed by atoms with Crippen LogP contribution < -0.4 is 0 Å². The number of hydrogen-bond donors (Lipinski definition) is 1. The molecule has 8 nitrogen and oxygen atoms in total. The molecule has 1 unspecified atom stereocenters. The van der Waals surface area contributed by atoms with Crippen molar-refractivity contribution in [3.8, 4) is 0 Å². The van der Waals surface area contributed by atoms with Crippen molar-refractivity contribution in [2.45, 2.75) is 58.0 Å². The Morgan fingerprint density at radius 3 is 2.68 bits per heavy atom. The van der Waals surface area contributed by atoms with Crippen LogP contribution in [0.5, 0.6) is 0 Å². The lowest BCUT2D eigenvalue weighted by Gasteiger charge is -2.37. The molecule has 1 atom stereocenters. The van der Waals surface area contributed by atoms with Gasteiger partial charge in [0, 0.05) is 29.8 Å². The standard InChI is InChI=1S/C19H23FN2O6/c1-18(2,17(23)24)16-8-11-7-15(22(25)26)13(20)9-14(11)21(16)10-12-5-6-27-19(3,4)28-12/h7-9,12H,5-6,10H2,1-4H3,(H,23,24). The molecule has 28 heavy (non-hydrogen) atoms. The molecule has 2 aromatic rings. The highest BCUT2D eigenvalue weighted by Gasteiger charge is 2.36. The van der Waals surface area contributed by atoms with Gasteiger partial charge in [0.05, 0.1) is 23.2 Å². The highest BCUT2D eigenvalue weighted by atomic mass is 19.1. The van der Waals surface area contributed by atoms with Crippen LogP contribution in [0.2, 0.25) is 0 Å². The van der Waals surface area contributed by atoms with Crippen LogP contribution in [-0.4, -0.2) is 39.1 Å². The number of nitro groups is 1. The van der Waals surface area contributed by atoms with Gasteiger partial charge in [-0.05, 0) is 40.2 Å². The van der Waals surface area contributed by atoms with Crippen LogP contribution >= 0.6 is 0 Å². The minimum absolute atomic E-state index is 0.277. The van der Waals surface area contributed by atoms with E-state index in [1.807, 2.05) is 0 Å². The van der Waals surface area contributed by atoms with Crippen LogP contribution in [0, 0.1) is 15.9 Å². The quantitative estimate of drug-likeness (QED) is 0.614. The van der Waals surface area contributed by atoms with Crippen LogP contribution in [0.25, 0.3) is 10.9 Å². The van der Waals surface area contributed by atoms with Crippen molar-refractivity contribution in [1.82, 2.24) is 4.57 Å². The zero-order valence-corrected chi connectivity index (χ0v) is 16.2. The Kier molecular flexibility index (Phi) is 4.93. The third-order valence-electron chi connectivity index (χ3n) is 5.07. The molecule has 0 radical (unpaired) electrons. The van der Waals surface area contributed by atoms with Gasteiger partial charge in [-0.2, -0.15) is 4.39 Å². The number of hydrogen-bond acceptors (Lipinski definition) is 5. The molecular weight excluding hydrogens is 371 g/mol. The fourth-order valence-corrected chi connectivity index (χ4v) is 3.50.